The standard InChI is InChI=1S/C23H22N2O3S/c1-17-16-18-10-6-8-14-21(18)25(17)23(26)20-13-7-9-15-22(20)24(2)29(27,28)19-11-4-3-5-12-19/h3-15,17H,16H2,1-2H3/t17-/m0/s1. The maximum atomic E-state index is 13.5. The molecular weight excluding hydrogens is 384 g/mol. The summed E-state index contributed by atoms with van der Waals surface area (Å²) in [5.74, 6) is -0.201. The molecular formula is C23H22N2O3S. The van der Waals surface area contributed by atoms with Crippen molar-refractivity contribution >= 4 is 27.3 Å². The second kappa shape index (κ2) is 7.37. The van der Waals surface area contributed by atoms with E-state index in [-0.39, 0.29) is 16.8 Å². The van der Waals surface area contributed by atoms with Crippen LogP contribution in [0.2, 0.25) is 0 Å². The molecule has 0 radical (unpaired) electrons. The zero-order valence-electron chi connectivity index (χ0n) is 16.3. The number of sulfonamides is 1. The van der Waals surface area contributed by atoms with Crippen LogP contribution < -0.4 is 9.21 Å². The lowest BCUT2D eigenvalue weighted by Gasteiger charge is -2.27. The van der Waals surface area contributed by atoms with Crippen LogP contribution in [0.4, 0.5) is 11.4 Å². The monoisotopic (exact) mass is 406 g/mol. The van der Waals surface area contributed by atoms with Gasteiger partial charge in [-0.05, 0) is 49.2 Å². The molecule has 1 heterocycles. The summed E-state index contributed by atoms with van der Waals surface area (Å²) in [6.45, 7) is 2.00. The SMILES string of the molecule is C[C@H]1Cc2ccccc2N1C(=O)c1ccccc1N(C)S(=O)(=O)c1ccccc1. The summed E-state index contributed by atoms with van der Waals surface area (Å²) in [6.07, 6.45) is 0.780. The van der Waals surface area contributed by atoms with Gasteiger partial charge >= 0.3 is 0 Å². The first-order chi connectivity index (χ1) is 13.9. The third-order valence-corrected chi connectivity index (χ3v) is 7.09. The van der Waals surface area contributed by atoms with Crippen molar-refractivity contribution in [2.75, 3.05) is 16.3 Å². The molecule has 29 heavy (non-hydrogen) atoms. The molecule has 6 heteroatoms. The van der Waals surface area contributed by atoms with Gasteiger partial charge in [-0.25, -0.2) is 8.42 Å². The van der Waals surface area contributed by atoms with E-state index in [9.17, 15) is 13.2 Å². The number of nitrogens with zero attached hydrogens (tertiary/aromatic N) is 2. The van der Waals surface area contributed by atoms with Gasteiger partial charge in [0.2, 0.25) is 0 Å². The van der Waals surface area contributed by atoms with E-state index in [1.807, 2.05) is 31.2 Å². The van der Waals surface area contributed by atoms with E-state index in [0.29, 0.717) is 11.3 Å². The van der Waals surface area contributed by atoms with Crippen molar-refractivity contribution in [1.29, 1.82) is 0 Å². The van der Waals surface area contributed by atoms with Crippen LogP contribution in [0.3, 0.4) is 0 Å². The van der Waals surface area contributed by atoms with E-state index < -0.39 is 10.0 Å². The second-order valence-electron chi connectivity index (χ2n) is 7.16. The molecule has 0 aliphatic carbocycles. The molecule has 3 aromatic carbocycles. The van der Waals surface area contributed by atoms with E-state index in [1.165, 1.54) is 11.4 Å². The Morgan fingerprint density at radius 3 is 2.31 bits per heavy atom. The number of anilines is 2. The van der Waals surface area contributed by atoms with Gasteiger partial charge < -0.3 is 4.90 Å². The minimum absolute atomic E-state index is 0.00370. The number of hydrogen-bond donors (Lipinski definition) is 0. The maximum Gasteiger partial charge on any atom is 0.264 e. The topological polar surface area (TPSA) is 57.7 Å². The Labute approximate surface area is 171 Å². The van der Waals surface area contributed by atoms with Gasteiger partial charge in [-0.3, -0.25) is 9.10 Å². The summed E-state index contributed by atoms with van der Waals surface area (Å²) >= 11 is 0. The van der Waals surface area contributed by atoms with Gasteiger partial charge in [0, 0.05) is 18.8 Å². The average Bonchev–Trinajstić information content (AvgIpc) is 3.09. The van der Waals surface area contributed by atoms with Gasteiger partial charge in [-0.15, -0.1) is 0 Å². The second-order valence-corrected chi connectivity index (χ2v) is 9.13. The van der Waals surface area contributed by atoms with Crippen molar-refractivity contribution in [3.63, 3.8) is 0 Å². The molecule has 0 saturated heterocycles. The molecule has 0 saturated carbocycles. The van der Waals surface area contributed by atoms with E-state index in [2.05, 4.69) is 0 Å². The molecule has 5 nitrogen and oxygen atoms in total. The molecule has 1 amide bonds. The highest BCUT2D eigenvalue weighted by Crippen LogP contribution is 2.35. The quantitative estimate of drug-likeness (QED) is 0.655. The Morgan fingerprint density at radius 1 is 0.931 bits per heavy atom. The third-order valence-electron chi connectivity index (χ3n) is 5.30. The molecule has 1 aliphatic rings. The lowest BCUT2D eigenvalue weighted by molar-refractivity contribution is 0.0982. The number of rotatable bonds is 4. The van der Waals surface area contributed by atoms with E-state index in [4.69, 9.17) is 0 Å². The molecule has 0 aromatic heterocycles. The van der Waals surface area contributed by atoms with E-state index >= 15 is 0 Å². The normalized spacial score (nSPS) is 15.8. The molecule has 4 rings (SSSR count). The van der Waals surface area contributed by atoms with Crippen LogP contribution in [0.5, 0.6) is 0 Å². The largest absolute Gasteiger partial charge is 0.305 e. The smallest absolute Gasteiger partial charge is 0.264 e. The molecule has 3 aromatic rings. The van der Waals surface area contributed by atoms with Crippen LogP contribution in [0.15, 0.2) is 83.8 Å². The molecule has 0 N–H and O–H groups in total. The molecule has 0 spiro atoms. The van der Waals surface area contributed by atoms with Gasteiger partial charge in [0.15, 0.2) is 0 Å². The molecule has 0 bridgehead atoms. The average molecular weight is 407 g/mol. The molecule has 148 valence electrons. The Bertz CT molecular complexity index is 1160. The van der Waals surface area contributed by atoms with Crippen molar-refractivity contribution in [3.05, 3.63) is 90.0 Å². The Kier molecular flexibility index (Phi) is 4.88. The van der Waals surface area contributed by atoms with Crippen LogP contribution in [-0.2, 0) is 16.4 Å². The van der Waals surface area contributed by atoms with Crippen LogP contribution in [-0.4, -0.2) is 27.4 Å². The summed E-state index contributed by atoms with van der Waals surface area (Å²) < 4.78 is 27.4. The highest BCUT2D eigenvalue weighted by Gasteiger charge is 2.33. The zero-order chi connectivity index (χ0) is 20.6. The lowest BCUT2D eigenvalue weighted by Crippen LogP contribution is -2.37. The fourth-order valence-electron chi connectivity index (χ4n) is 3.81. The molecule has 1 atom stereocenters. The number of amides is 1. The Hall–Kier alpha value is -3.12. The van der Waals surface area contributed by atoms with Gasteiger partial charge in [0.05, 0.1) is 16.1 Å². The number of carbonyl (C=O) groups is 1. The van der Waals surface area contributed by atoms with Crippen molar-refractivity contribution < 1.29 is 13.2 Å². The van der Waals surface area contributed by atoms with E-state index in [1.54, 1.807) is 59.5 Å². The fourth-order valence-corrected chi connectivity index (χ4v) is 5.05. The minimum Gasteiger partial charge on any atom is -0.305 e. The number of fused-ring (bicyclic) bond motifs is 1. The highest BCUT2D eigenvalue weighted by molar-refractivity contribution is 7.92. The van der Waals surface area contributed by atoms with Gasteiger partial charge in [-0.2, -0.15) is 0 Å². The Morgan fingerprint density at radius 2 is 1.55 bits per heavy atom. The number of para-hydroxylation sites is 2. The van der Waals surface area contributed by atoms with Crippen LogP contribution >= 0.6 is 0 Å². The van der Waals surface area contributed by atoms with Crippen molar-refractivity contribution in [1.82, 2.24) is 0 Å². The van der Waals surface area contributed by atoms with Crippen LogP contribution in [0.25, 0.3) is 0 Å². The maximum absolute atomic E-state index is 13.5. The van der Waals surface area contributed by atoms with Gasteiger partial charge in [0.1, 0.15) is 0 Å². The van der Waals surface area contributed by atoms with Crippen LogP contribution in [0.1, 0.15) is 22.8 Å². The van der Waals surface area contributed by atoms with Crippen LogP contribution in [0, 0.1) is 0 Å². The van der Waals surface area contributed by atoms with Crippen molar-refractivity contribution in [2.24, 2.45) is 0 Å². The fraction of sp³-hybridized carbons (Fsp3) is 0.174. The van der Waals surface area contributed by atoms with Crippen molar-refractivity contribution in [3.8, 4) is 0 Å². The predicted molar refractivity (Wildman–Crippen MR) is 115 cm³/mol. The first-order valence-electron chi connectivity index (χ1n) is 9.45. The summed E-state index contributed by atoms with van der Waals surface area (Å²) in [5, 5.41) is 0. The summed E-state index contributed by atoms with van der Waals surface area (Å²) in [4.78, 5) is 15.5. The number of carbonyl (C=O) groups excluding carboxylic acids is 1. The summed E-state index contributed by atoms with van der Waals surface area (Å²) in [5.41, 5.74) is 2.72. The highest BCUT2D eigenvalue weighted by atomic mass is 32.2. The number of benzene rings is 3. The first-order valence-corrected chi connectivity index (χ1v) is 10.9. The van der Waals surface area contributed by atoms with Gasteiger partial charge in [0.25, 0.3) is 15.9 Å². The first kappa shape index (κ1) is 19.2. The van der Waals surface area contributed by atoms with Crippen molar-refractivity contribution in [2.45, 2.75) is 24.3 Å². The lowest BCUT2D eigenvalue weighted by atomic mass is 10.1. The third kappa shape index (κ3) is 3.29. The summed E-state index contributed by atoms with van der Waals surface area (Å²) in [7, 11) is -2.30. The summed E-state index contributed by atoms with van der Waals surface area (Å²) in [6, 6.07) is 22.9. The minimum atomic E-state index is -3.78. The van der Waals surface area contributed by atoms with E-state index in [0.717, 1.165) is 17.7 Å². The van der Waals surface area contributed by atoms with Gasteiger partial charge in [-0.1, -0.05) is 48.5 Å². The molecule has 1 aliphatic heterocycles. The predicted octanol–water partition coefficient (Wildman–Crippen LogP) is 4.10. The molecule has 0 unspecified atom stereocenters. The Balaban J connectivity index is 1.76. The molecule has 0 fully saturated rings. The zero-order valence-corrected chi connectivity index (χ0v) is 17.1. The number of hydrogen-bond acceptors (Lipinski definition) is 3.